The van der Waals surface area contributed by atoms with E-state index >= 15 is 0 Å². The van der Waals surface area contributed by atoms with Gasteiger partial charge in [-0.05, 0) is 27.2 Å². The van der Waals surface area contributed by atoms with Crippen molar-refractivity contribution in [1.29, 1.82) is 0 Å². The van der Waals surface area contributed by atoms with Crippen molar-refractivity contribution in [2.24, 2.45) is 0 Å². The van der Waals surface area contributed by atoms with E-state index in [9.17, 15) is 9.59 Å². The summed E-state index contributed by atoms with van der Waals surface area (Å²) in [6, 6.07) is -0.871. The molecule has 0 saturated heterocycles. The zero-order valence-corrected chi connectivity index (χ0v) is 9.66. The highest BCUT2D eigenvalue weighted by Gasteiger charge is 2.22. The van der Waals surface area contributed by atoms with Crippen molar-refractivity contribution in [3.05, 3.63) is 0 Å². The first-order valence-electron chi connectivity index (χ1n) is 4.98. The SMILES string of the molecule is CCCC(NC(=O)OC(C)(C)C)[13C](=O)O. The summed E-state index contributed by atoms with van der Waals surface area (Å²) in [6.45, 7) is 7.03. The number of carbonyl (C=O) groups is 2. The van der Waals surface area contributed by atoms with Gasteiger partial charge in [-0.2, -0.15) is 0 Å². The number of nitrogens with one attached hydrogen (secondary N) is 1. The Kier molecular flexibility index (Phi) is 5.11. The first-order valence-corrected chi connectivity index (χ1v) is 4.98. The van der Waals surface area contributed by atoms with Gasteiger partial charge in [0.15, 0.2) is 0 Å². The fourth-order valence-corrected chi connectivity index (χ4v) is 0.996. The maximum Gasteiger partial charge on any atom is 0.408 e. The van der Waals surface area contributed by atoms with Gasteiger partial charge in [-0.1, -0.05) is 13.3 Å². The summed E-state index contributed by atoms with van der Waals surface area (Å²) < 4.78 is 4.95. The van der Waals surface area contributed by atoms with Crippen LogP contribution in [-0.2, 0) is 9.53 Å². The van der Waals surface area contributed by atoms with E-state index in [2.05, 4.69) is 5.32 Å². The van der Waals surface area contributed by atoms with Crippen molar-refractivity contribution in [1.82, 2.24) is 5.32 Å². The van der Waals surface area contributed by atoms with Crippen molar-refractivity contribution >= 4 is 12.1 Å². The van der Waals surface area contributed by atoms with Crippen molar-refractivity contribution in [3.8, 4) is 0 Å². The number of rotatable bonds is 4. The summed E-state index contributed by atoms with van der Waals surface area (Å²) in [7, 11) is 0. The summed E-state index contributed by atoms with van der Waals surface area (Å²) in [4.78, 5) is 22.0. The number of amides is 1. The van der Waals surface area contributed by atoms with Crippen LogP contribution in [0.3, 0.4) is 0 Å². The zero-order valence-electron chi connectivity index (χ0n) is 9.66. The molecule has 2 N–H and O–H groups in total. The predicted molar refractivity (Wildman–Crippen MR) is 55.7 cm³/mol. The summed E-state index contributed by atoms with van der Waals surface area (Å²) in [5.41, 5.74) is -0.612. The molecule has 1 atom stereocenters. The van der Waals surface area contributed by atoms with E-state index in [1.54, 1.807) is 20.8 Å². The van der Waals surface area contributed by atoms with E-state index in [1.807, 2.05) is 6.92 Å². The standard InChI is InChI=1S/C10H19NO4/c1-5-6-7(8(12)13)11-9(14)15-10(2,3)4/h7H,5-6H2,1-4H3,(H,11,14)(H,12,13)/i8+1. The number of alkyl carbamates (subject to hydrolysis) is 1. The molecule has 0 fully saturated rings. The van der Waals surface area contributed by atoms with Crippen LogP contribution in [0.2, 0.25) is 0 Å². The molecule has 0 saturated carbocycles. The Hall–Kier alpha value is -1.26. The molecule has 0 radical (unpaired) electrons. The Morgan fingerprint density at radius 2 is 1.93 bits per heavy atom. The van der Waals surface area contributed by atoms with Gasteiger partial charge in [-0.15, -0.1) is 0 Å². The topological polar surface area (TPSA) is 75.6 Å². The lowest BCUT2D eigenvalue weighted by molar-refractivity contribution is -0.139. The molecule has 0 aromatic rings. The molecule has 5 nitrogen and oxygen atoms in total. The second-order valence-corrected chi connectivity index (χ2v) is 4.33. The lowest BCUT2D eigenvalue weighted by Gasteiger charge is -2.21. The maximum atomic E-state index is 11.3. The number of hydrogen-bond donors (Lipinski definition) is 2. The summed E-state index contributed by atoms with van der Waals surface area (Å²) in [6.07, 6.45) is 0.393. The van der Waals surface area contributed by atoms with Gasteiger partial charge in [0.2, 0.25) is 0 Å². The molecule has 5 heteroatoms. The molecule has 0 rings (SSSR count). The molecule has 0 aliphatic rings. The summed E-state index contributed by atoms with van der Waals surface area (Å²) in [5.74, 6) is -1.04. The summed E-state index contributed by atoms with van der Waals surface area (Å²) in [5, 5.41) is 11.1. The quantitative estimate of drug-likeness (QED) is 0.705. The van der Waals surface area contributed by atoms with Crippen molar-refractivity contribution in [3.63, 3.8) is 0 Å². The molecule has 88 valence electrons. The van der Waals surface area contributed by atoms with Gasteiger partial charge in [0.05, 0.1) is 0 Å². The molecule has 0 aliphatic heterocycles. The first kappa shape index (κ1) is 13.7. The largest absolute Gasteiger partial charge is 0.480 e. The van der Waals surface area contributed by atoms with Gasteiger partial charge in [0.1, 0.15) is 11.6 Å². The summed E-state index contributed by atoms with van der Waals surface area (Å²) >= 11 is 0. The number of hydrogen-bond acceptors (Lipinski definition) is 3. The van der Waals surface area contributed by atoms with Crippen molar-refractivity contribution in [2.75, 3.05) is 0 Å². The molecule has 15 heavy (non-hydrogen) atoms. The molecule has 0 aromatic carbocycles. The van der Waals surface area contributed by atoms with Crippen LogP contribution in [0, 0.1) is 0 Å². The zero-order chi connectivity index (χ0) is 12.1. The molecule has 0 spiro atoms. The smallest absolute Gasteiger partial charge is 0.408 e. The van der Waals surface area contributed by atoms with Gasteiger partial charge >= 0.3 is 12.1 Å². The Morgan fingerprint density at radius 3 is 2.27 bits per heavy atom. The van der Waals surface area contributed by atoms with E-state index in [0.717, 1.165) is 0 Å². The second kappa shape index (κ2) is 5.58. The molecular weight excluding hydrogens is 199 g/mol. The van der Waals surface area contributed by atoms with Crippen LogP contribution in [0.1, 0.15) is 40.5 Å². The Bertz CT molecular complexity index is 232. The minimum Gasteiger partial charge on any atom is -0.480 e. The first-order chi connectivity index (χ1) is 6.76. The van der Waals surface area contributed by atoms with E-state index in [4.69, 9.17) is 9.84 Å². The van der Waals surface area contributed by atoms with E-state index in [1.165, 1.54) is 0 Å². The third kappa shape index (κ3) is 6.76. The Balaban J connectivity index is 4.18. The highest BCUT2D eigenvalue weighted by Crippen LogP contribution is 2.07. The molecule has 0 heterocycles. The third-order valence-electron chi connectivity index (χ3n) is 1.57. The minimum absolute atomic E-state index is 0.397. The number of carbonyl (C=O) groups excluding carboxylic acids is 1. The van der Waals surface area contributed by atoms with Crippen LogP contribution in [0.4, 0.5) is 4.79 Å². The molecule has 1 amide bonds. The molecule has 1 unspecified atom stereocenters. The van der Waals surface area contributed by atoms with Crippen molar-refractivity contribution in [2.45, 2.75) is 52.2 Å². The highest BCUT2D eigenvalue weighted by atomic mass is 16.6. The lowest BCUT2D eigenvalue weighted by Crippen LogP contribution is -2.43. The molecule has 0 aliphatic carbocycles. The fourth-order valence-electron chi connectivity index (χ4n) is 0.996. The molecular formula is C10H19NO4. The Labute approximate surface area is 89.8 Å². The lowest BCUT2D eigenvalue weighted by atomic mass is 10.2. The average Bonchev–Trinajstić information content (AvgIpc) is 1.99. The van der Waals surface area contributed by atoms with Crippen LogP contribution >= 0.6 is 0 Å². The van der Waals surface area contributed by atoms with Crippen molar-refractivity contribution < 1.29 is 19.4 Å². The number of carboxylic acids is 1. The van der Waals surface area contributed by atoms with E-state index in [-0.39, 0.29) is 0 Å². The van der Waals surface area contributed by atoms with E-state index < -0.39 is 23.7 Å². The van der Waals surface area contributed by atoms with Crippen LogP contribution < -0.4 is 5.32 Å². The number of ether oxygens (including phenoxy) is 1. The van der Waals surface area contributed by atoms with Gasteiger partial charge < -0.3 is 15.2 Å². The maximum absolute atomic E-state index is 11.3. The monoisotopic (exact) mass is 218 g/mol. The highest BCUT2D eigenvalue weighted by molar-refractivity contribution is 5.79. The van der Waals surface area contributed by atoms with Gasteiger partial charge in [-0.3, -0.25) is 0 Å². The van der Waals surface area contributed by atoms with Crippen LogP contribution in [-0.4, -0.2) is 28.8 Å². The number of aliphatic carboxylic acids is 1. The van der Waals surface area contributed by atoms with Crippen LogP contribution in [0.5, 0.6) is 0 Å². The Morgan fingerprint density at radius 1 is 1.40 bits per heavy atom. The van der Waals surface area contributed by atoms with Crippen LogP contribution in [0.15, 0.2) is 0 Å². The van der Waals surface area contributed by atoms with Gasteiger partial charge in [0, 0.05) is 0 Å². The van der Waals surface area contributed by atoms with Crippen LogP contribution in [0.25, 0.3) is 0 Å². The van der Waals surface area contributed by atoms with E-state index in [0.29, 0.717) is 12.8 Å². The van der Waals surface area contributed by atoms with Gasteiger partial charge in [0.25, 0.3) is 0 Å². The fraction of sp³-hybridized carbons (Fsp3) is 0.800. The predicted octanol–water partition coefficient (Wildman–Crippen LogP) is 1.76. The van der Waals surface area contributed by atoms with Gasteiger partial charge in [-0.25, -0.2) is 9.59 Å². The third-order valence-corrected chi connectivity index (χ3v) is 1.57. The second-order valence-electron chi connectivity index (χ2n) is 4.33. The number of carboxylic acid groups (broad SMARTS) is 1. The minimum atomic E-state index is -1.04. The molecule has 0 aromatic heterocycles. The average molecular weight is 218 g/mol. The normalized spacial score (nSPS) is 13.1. The molecule has 0 bridgehead atoms.